The van der Waals surface area contributed by atoms with Crippen molar-refractivity contribution in [3.8, 4) is 0 Å². The number of hydrogen-bond acceptors (Lipinski definition) is 2. The van der Waals surface area contributed by atoms with E-state index >= 15 is 0 Å². The predicted molar refractivity (Wildman–Crippen MR) is 80.2 cm³/mol. The maximum absolute atomic E-state index is 12.1. The Kier molecular flexibility index (Phi) is 3.68. The van der Waals surface area contributed by atoms with Crippen LogP contribution in [0, 0.1) is 23.7 Å². The molecule has 0 saturated heterocycles. The van der Waals surface area contributed by atoms with Crippen LogP contribution < -0.4 is 0 Å². The zero-order valence-corrected chi connectivity index (χ0v) is 13.0. The molecule has 3 fully saturated rings. The molecule has 2 heteroatoms. The minimum absolute atomic E-state index is 0.173. The Morgan fingerprint density at radius 2 is 1.85 bits per heavy atom. The number of ether oxygens (including phenoxy) is 1. The summed E-state index contributed by atoms with van der Waals surface area (Å²) in [4.78, 5) is 12.1. The fourth-order valence-corrected chi connectivity index (χ4v) is 5.51. The molecule has 3 aliphatic carbocycles. The molecule has 112 valence electrons. The summed E-state index contributed by atoms with van der Waals surface area (Å²) in [5, 5.41) is 0. The summed E-state index contributed by atoms with van der Waals surface area (Å²) in [7, 11) is 0. The molecule has 0 N–H and O–H groups in total. The zero-order chi connectivity index (χ0) is 14.3. The monoisotopic (exact) mass is 276 g/mol. The van der Waals surface area contributed by atoms with Crippen molar-refractivity contribution in [3.63, 3.8) is 0 Å². The lowest BCUT2D eigenvalue weighted by molar-refractivity contribution is -0.162. The molecule has 0 bridgehead atoms. The van der Waals surface area contributed by atoms with Crippen LogP contribution in [0.4, 0.5) is 0 Å². The lowest BCUT2D eigenvalue weighted by atomic mass is 9.63. The van der Waals surface area contributed by atoms with Crippen LogP contribution in [0.1, 0.15) is 65.2 Å². The first kappa shape index (κ1) is 14.2. The fourth-order valence-electron chi connectivity index (χ4n) is 5.51. The Morgan fingerprint density at radius 3 is 2.50 bits per heavy atom. The normalized spacial score (nSPS) is 42.9. The van der Waals surface area contributed by atoms with Gasteiger partial charge in [-0.25, -0.2) is 4.79 Å². The molecule has 3 saturated carbocycles. The number of rotatable bonds is 3. The van der Waals surface area contributed by atoms with Gasteiger partial charge in [-0.15, -0.1) is 0 Å². The van der Waals surface area contributed by atoms with Crippen molar-refractivity contribution in [2.45, 2.75) is 70.8 Å². The Balaban J connectivity index is 1.87. The van der Waals surface area contributed by atoms with Gasteiger partial charge in [0, 0.05) is 11.5 Å². The van der Waals surface area contributed by atoms with Crippen LogP contribution in [-0.4, -0.2) is 11.6 Å². The highest BCUT2D eigenvalue weighted by Crippen LogP contribution is 2.60. The van der Waals surface area contributed by atoms with Crippen molar-refractivity contribution in [1.82, 2.24) is 0 Å². The van der Waals surface area contributed by atoms with E-state index in [1.807, 2.05) is 0 Å². The van der Waals surface area contributed by atoms with Crippen LogP contribution in [0.25, 0.3) is 0 Å². The third-order valence-corrected chi connectivity index (χ3v) is 6.32. The third-order valence-electron chi connectivity index (χ3n) is 6.32. The van der Waals surface area contributed by atoms with E-state index < -0.39 is 0 Å². The Bertz CT molecular complexity index is 412. The highest BCUT2D eigenvalue weighted by molar-refractivity contribution is 5.87. The molecule has 0 spiro atoms. The van der Waals surface area contributed by atoms with Crippen molar-refractivity contribution >= 4 is 5.97 Å². The number of hydrogen-bond donors (Lipinski definition) is 0. The molecule has 5 unspecified atom stereocenters. The summed E-state index contributed by atoms with van der Waals surface area (Å²) < 4.78 is 6.05. The first-order valence-corrected chi connectivity index (χ1v) is 8.46. The van der Waals surface area contributed by atoms with E-state index in [1.165, 1.54) is 38.5 Å². The molecule has 3 aliphatic rings. The molecule has 0 heterocycles. The molecular formula is C18H28O2. The van der Waals surface area contributed by atoms with E-state index in [0.717, 1.165) is 30.6 Å². The molecule has 3 rings (SSSR count). The minimum atomic E-state index is -0.186. The average molecular weight is 276 g/mol. The lowest BCUT2D eigenvalue weighted by Crippen LogP contribution is -2.43. The average Bonchev–Trinajstić information content (AvgIpc) is 2.76. The van der Waals surface area contributed by atoms with Gasteiger partial charge in [-0.3, -0.25) is 0 Å². The van der Waals surface area contributed by atoms with E-state index in [1.54, 1.807) is 6.92 Å². The summed E-state index contributed by atoms with van der Waals surface area (Å²) in [6.45, 7) is 7.72. The van der Waals surface area contributed by atoms with Crippen LogP contribution >= 0.6 is 0 Å². The molecule has 20 heavy (non-hydrogen) atoms. The Morgan fingerprint density at radius 1 is 1.20 bits per heavy atom. The molecule has 0 aromatic heterocycles. The summed E-state index contributed by atoms with van der Waals surface area (Å²) in [5.41, 5.74) is 0.356. The molecule has 0 amide bonds. The van der Waals surface area contributed by atoms with Crippen molar-refractivity contribution in [1.29, 1.82) is 0 Å². The van der Waals surface area contributed by atoms with E-state index in [-0.39, 0.29) is 11.6 Å². The van der Waals surface area contributed by atoms with Gasteiger partial charge in [0.2, 0.25) is 0 Å². The second kappa shape index (κ2) is 5.20. The van der Waals surface area contributed by atoms with Crippen molar-refractivity contribution in [3.05, 3.63) is 12.2 Å². The largest absolute Gasteiger partial charge is 0.455 e. The van der Waals surface area contributed by atoms with Crippen LogP contribution in [0.5, 0.6) is 0 Å². The van der Waals surface area contributed by atoms with Crippen LogP contribution in [0.15, 0.2) is 12.2 Å². The number of carbonyl (C=O) groups is 1. The highest BCUT2D eigenvalue weighted by Gasteiger charge is 2.58. The fraction of sp³-hybridized carbons (Fsp3) is 0.833. The van der Waals surface area contributed by atoms with Crippen LogP contribution in [0.2, 0.25) is 0 Å². The highest BCUT2D eigenvalue weighted by atomic mass is 16.6. The van der Waals surface area contributed by atoms with Crippen LogP contribution in [-0.2, 0) is 9.53 Å². The van der Waals surface area contributed by atoms with Crippen molar-refractivity contribution in [2.75, 3.05) is 0 Å². The smallest absolute Gasteiger partial charge is 0.333 e. The van der Waals surface area contributed by atoms with Gasteiger partial charge in [0.25, 0.3) is 0 Å². The zero-order valence-electron chi connectivity index (χ0n) is 13.0. The summed E-state index contributed by atoms with van der Waals surface area (Å²) in [6, 6.07) is 0. The summed E-state index contributed by atoms with van der Waals surface area (Å²) in [6.07, 6.45) is 10.2. The van der Waals surface area contributed by atoms with E-state index in [0.29, 0.717) is 11.5 Å². The van der Waals surface area contributed by atoms with Gasteiger partial charge in [-0.1, -0.05) is 45.6 Å². The maximum atomic E-state index is 12.1. The molecule has 0 aromatic rings. The van der Waals surface area contributed by atoms with Gasteiger partial charge >= 0.3 is 5.97 Å². The third kappa shape index (κ3) is 2.12. The standard InChI is InChI=1S/C18H28O2/c1-4-18(20-17(19)12(2)3)11-14-9-5-7-13-8-6-10-15(18)16(13)14/h13-16H,2,4-11H2,1,3H3. The Hall–Kier alpha value is -0.790. The summed E-state index contributed by atoms with van der Waals surface area (Å²) >= 11 is 0. The van der Waals surface area contributed by atoms with Gasteiger partial charge in [0.1, 0.15) is 5.60 Å². The molecule has 0 aromatic carbocycles. The van der Waals surface area contributed by atoms with Gasteiger partial charge in [0.15, 0.2) is 0 Å². The van der Waals surface area contributed by atoms with E-state index in [4.69, 9.17) is 4.74 Å². The molecule has 0 aliphatic heterocycles. The number of esters is 1. The quantitative estimate of drug-likeness (QED) is 0.561. The minimum Gasteiger partial charge on any atom is -0.455 e. The van der Waals surface area contributed by atoms with Crippen LogP contribution in [0.3, 0.4) is 0 Å². The number of carbonyl (C=O) groups excluding carboxylic acids is 1. The SMILES string of the molecule is C=C(C)C(=O)OC1(CC)CC2CCCC3CCCC1C32. The molecule has 5 atom stereocenters. The maximum Gasteiger partial charge on any atom is 0.333 e. The topological polar surface area (TPSA) is 26.3 Å². The van der Waals surface area contributed by atoms with Gasteiger partial charge in [-0.2, -0.15) is 0 Å². The molecular weight excluding hydrogens is 248 g/mol. The van der Waals surface area contributed by atoms with E-state index in [9.17, 15) is 4.79 Å². The first-order valence-electron chi connectivity index (χ1n) is 8.46. The second-order valence-corrected chi connectivity index (χ2v) is 7.36. The van der Waals surface area contributed by atoms with Gasteiger partial charge in [0.05, 0.1) is 0 Å². The van der Waals surface area contributed by atoms with Gasteiger partial charge < -0.3 is 4.74 Å². The van der Waals surface area contributed by atoms with Crippen molar-refractivity contribution in [2.24, 2.45) is 23.7 Å². The second-order valence-electron chi connectivity index (χ2n) is 7.36. The summed E-state index contributed by atoms with van der Waals surface area (Å²) in [5.74, 6) is 2.98. The Labute approximate surface area is 123 Å². The van der Waals surface area contributed by atoms with Crippen molar-refractivity contribution < 1.29 is 9.53 Å². The lowest BCUT2D eigenvalue weighted by Gasteiger charge is -2.44. The predicted octanol–water partition coefficient (Wildman–Crippen LogP) is 4.49. The molecule has 2 nitrogen and oxygen atoms in total. The first-order chi connectivity index (χ1) is 9.57. The molecule has 0 radical (unpaired) electrons. The van der Waals surface area contributed by atoms with Gasteiger partial charge in [-0.05, 0) is 43.9 Å². The van der Waals surface area contributed by atoms with E-state index in [2.05, 4.69) is 13.5 Å².